The lowest BCUT2D eigenvalue weighted by Crippen LogP contribution is -2.45. The third kappa shape index (κ3) is 5.09. The molecule has 0 saturated carbocycles. The molecule has 0 radical (unpaired) electrons. The van der Waals surface area contributed by atoms with Gasteiger partial charge in [-0.2, -0.15) is 0 Å². The van der Waals surface area contributed by atoms with E-state index in [-0.39, 0.29) is 23.9 Å². The minimum absolute atomic E-state index is 0.00547. The number of fused-ring (bicyclic) bond motifs is 1. The molecule has 0 unspecified atom stereocenters. The molecule has 0 spiro atoms. The van der Waals surface area contributed by atoms with Crippen LogP contribution in [-0.4, -0.2) is 30.9 Å². The maximum atomic E-state index is 13.4. The summed E-state index contributed by atoms with van der Waals surface area (Å²) in [6, 6.07) is 24.2. The van der Waals surface area contributed by atoms with E-state index < -0.39 is 0 Å². The molecule has 1 atom stereocenters. The van der Waals surface area contributed by atoms with Gasteiger partial charge in [0.2, 0.25) is 0 Å². The van der Waals surface area contributed by atoms with Crippen molar-refractivity contribution in [1.82, 2.24) is 10.6 Å². The van der Waals surface area contributed by atoms with Gasteiger partial charge in [-0.05, 0) is 73.9 Å². The fraction of sp³-hybridized carbons (Fsp3) is 0.333. The zero-order valence-electron chi connectivity index (χ0n) is 20.3. The summed E-state index contributed by atoms with van der Waals surface area (Å²) in [5, 5.41) is 6.51. The highest BCUT2D eigenvalue weighted by molar-refractivity contribution is 6.00. The summed E-state index contributed by atoms with van der Waals surface area (Å²) in [5.41, 5.74) is 6.00. The van der Waals surface area contributed by atoms with Gasteiger partial charge in [-0.15, -0.1) is 0 Å². The lowest BCUT2D eigenvalue weighted by Gasteiger charge is -2.35. The van der Waals surface area contributed by atoms with Gasteiger partial charge in [0, 0.05) is 30.4 Å². The second-order valence-corrected chi connectivity index (χ2v) is 9.68. The molecule has 1 aliphatic carbocycles. The lowest BCUT2D eigenvalue weighted by atomic mass is 9.87. The number of nitrogens with zero attached hydrogens (tertiary/aromatic N) is 1. The number of rotatable bonds is 5. The van der Waals surface area contributed by atoms with E-state index in [4.69, 9.17) is 0 Å². The van der Waals surface area contributed by atoms with Crippen molar-refractivity contribution in [2.75, 3.05) is 18.0 Å². The molecule has 1 heterocycles. The van der Waals surface area contributed by atoms with Crippen LogP contribution in [0.2, 0.25) is 0 Å². The molecule has 0 bridgehead atoms. The topological polar surface area (TPSA) is 61.4 Å². The first kappa shape index (κ1) is 23.2. The predicted molar refractivity (Wildman–Crippen MR) is 140 cm³/mol. The number of amides is 2. The van der Waals surface area contributed by atoms with Crippen molar-refractivity contribution in [1.29, 1.82) is 0 Å². The van der Waals surface area contributed by atoms with Gasteiger partial charge in [0.1, 0.15) is 0 Å². The van der Waals surface area contributed by atoms with Crippen molar-refractivity contribution in [3.8, 4) is 0 Å². The maximum absolute atomic E-state index is 13.4. The van der Waals surface area contributed by atoms with Crippen LogP contribution >= 0.6 is 0 Å². The average Bonchev–Trinajstić information content (AvgIpc) is 2.89. The van der Waals surface area contributed by atoms with Crippen LogP contribution in [0, 0.1) is 6.92 Å². The van der Waals surface area contributed by atoms with Gasteiger partial charge < -0.3 is 15.5 Å². The van der Waals surface area contributed by atoms with Crippen molar-refractivity contribution in [2.45, 2.75) is 51.1 Å². The van der Waals surface area contributed by atoms with Crippen molar-refractivity contribution in [3.63, 3.8) is 0 Å². The molecule has 180 valence electrons. The molecule has 2 amide bonds. The first-order chi connectivity index (χ1) is 17.1. The van der Waals surface area contributed by atoms with Crippen molar-refractivity contribution < 1.29 is 9.59 Å². The fourth-order valence-electron chi connectivity index (χ4n) is 5.44. The van der Waals surface area contributed by atoms with Gasteiger partial charge >= 0.3 is 0 Å². The molecule has 2 aliphatic rings. The Labute approximate surface area is 207 Å². The second-order valence-electron chi connectivity index (χ2n) is 9.68. The number of carbonyl (C=O) groups excluding carboxylic acids is 2. The number of piperidine rings is 1. The van der Waals surface area contributed by atoms with Crippen LogP contribution in [0.1, 0.15) is 69.1 Å². The number of hydrogen-bond acceptors (Lipinski definition) is 3. The first-order valence-corrected chi connectivity index (χ1v) is 12.7. The molecule has 0 aromatic heterocycles. The average molecular weight is 468 g/mol. The van der Waals surface area contributed by atoms with Crippen LogP contribution in [0.15, 0.2) is 72.8 Å². The van der Waals surface area contributed by atoms with Crippen LogP contribution in [0.5, 0.6) is 0 Å². The molecular weight excluding hydrogens is 434 g/mol. The molecule has 1 aliphatic heterocycles. The smallest absolute Gasteiger partial charge is 0.253 e. The zero-order chi connectivity index (χ0) is 24.2. The Morgan fingerprint density at radius 1 is 0.771 bits per heavy atom. The van der Waals surface area contributed by atoms with Crippen LogP contribution in [0.3, 0.4) is 0 Å². The van der Waals surface area contributed by atoms with Crippen molar-refractivity contribution >= 4 is 17.5 Å². The molecular formula is C30H33N3O2. The van der Waals surface area contributed by atoms with Crippen LogP contribution in [0.4, 0.5) is 5.69 Å². The van der Waals surface area contributed by atoms with E-state index in [2.05, 4.69) is 39.8 Å². The molecule has 2 N–H and O–H groups in total. The minimum Gasteiger partial charge on any atom is -0.371 e. The Hall–Kier alpha value is -3.60. The fourth-order valence-corrected chi connectivity index (χ4v) is 5.44. The Morgan fingerprint density at radius 3 is 2.23 bits per heavy atom. The first-order valence-electron chi connectivity index (χ1n) is 12.7. The summed E-state index contributed by atoms with van der Waals surface area (Å²) in [6.45, 7) is 3.57. The van der Waals surface area contributed by atoms with Crippen LogP contribution < -0.4 is 15.5 Å². The molecule has 5 rings (SSSR count). The Balaban J connectivity index is 1.24. The van der Waals surface area contributed by atoms with E-state index in [1.54, 1.807) is 0 Å². The number of para-hydroxylation sites is 1. The van der Waals surface area contributed by atoms with E-state index in [0.29, 0.717) is 0 Å². The van der Waals surface area contributed by atoms with Gasteiger partial charge in [-0.25, -0.2) is 0 Å². The minimum atomic E-state index is -0.0164. The molecule has 3 aromatic carbocycles. The van der Waals surface area contributed by atoms with Gasteiger partial charge in [-0.3, -0.25) is 9.59 Å². The third-order valence-corrected chi connectivity index (χ3v) is 7.38. The van der Waals surface area contributed by atoms with E-state index in [1.165, 1.54) is 11.1 Å². The van der Waals surface area contributed by atoms with Gasteiger partial charge in [0.05, 0.1) is 11.6 Å². The lowest BCUT2D eigenvalue weighted by molar-refractivity contribution is 0.0925. The molecule has 5 heteroatoms. The van der Waals surface area contributed by atoms with Crippen molar-refractivity contribution in [3.05, 3.63) is 101 Å². The van der Waals surface area contributed by atoms with Crippen LogP contribution in [-0.2, 0) is 6.42 Å². The summed E-state index contributed by atoms with van der Waals surface area (Å²) in [7, 11) is 0. The third-order valence-electron chi connectivity index (χ3n) is 7.38. The Kier molecular flexibility index (Phi) is 6.84. The van der Waals surface area contributed by atoms with E-state index >= 15 is 0 Å². The monoisotopic (exact) mass is 467 g/mol. The van der Waals surface area contributed by atoms with Gasteiger partial charge in [0.15, 0.2) is 0 Å². The highest BCUT2D eigenvalue weighted by atomic mass is 16.2. The highest BCUT2D eigenvalue weighted by Gasteiger charge is 2.26. The highest BCUT2D eigenvalue weighted by Crippen LogP contribution is 2.31. The second kappa shape index (κ2) is 10.3. The van der Waals surface area contributed by atoms with E-state index in [9.17, 15) is 9.59 Å². The molecule has 1 saturated heterocycles. The number of carbonyl (C=O) groups is 2. The van der Waals surface area contributed by atoms with Gasteiger partial charge in [0.25, 0.3) is 11.8 Å². The van der Waals surface area contributed by atoms with Crippen LogP contribution in [0.25, 0.3) is 0 Å². The number of nitrogens with one attached hydrogen (secondary N) is 2. The van der Waals surface area contributed by atoms with E-state index in [1.807, 2.05) is 55.5 Å². The summed E-state index contributed by atoms with van der Waals surface area (Å²) >= 11 is 0. The summed E-state index contributed by atoms with van der Waals surface area (Å²) in [5.74, 6) is -0.0219. The zero-order valence-corrected chi connectivity index (χ0v) is 20.3. The van der Waals surface area contributed by atoms with E-state index in [0.717, 1.165) is 67.6 Å². The molecule has 5 nitrogen and oxygen atoms in total. The Bertz CT molecular complexity index is 1210. The standard InChI is InChI=1S/C30H33N3O2/c1-21-9-2-4-12-24(21)29(34)31-23-17-19-33(20-18-23)28-16-7-6-14-26(28)30(35)32-27-15-8-11-22-10-3-5-13-25(22)27/h2-7,9-10,12-14,16,23,27H,8,11,15,17-20H2,1H3,(H,31,34)(H,32,35)/t27-/m0/s1. The number of hydrogen-bond donors (Lipinski definition) is 2. The SMILES string of the molecule is Cc1ccccc1C(=O)NC1CCN(c2ccccc2C(=O)N[C@H]2CCCc3ccccc32)CC1. The number of anilines is 1. The van der Waals surface area contributed by atoms with Gasteiger partial charge in [-0.1, -0.05) is 54.6 Å². The largest absolute Gasteiger partial charge is 0.371 e. The Morgan fingerprint density at radius 2 is 1.43 bits per heavy atom. The quantitative estimate of drug-likeness (QED) is 0.542. The molecule has 3 aromatic rings. The van der Waals surface area contributed by atoms with Crippen molar-refractivity contribution in [2.24, 2.45) is 0 Å². The molecule has 1 fully saturated rings. The predicted octanol–water partition coefficient (Wildman–Crippen LogP) is 5.20. The molecule has 35 heavy (non-hydrogen) atoms. The summed E-state index contributed by atoms with van der Waals surface area (Å²) in [6.07, 6.45) is 4.84. The summed E-state index contributed by atoms with van der Waals surface area (Å²) in [4.78, 5) is 28.4. The maximum Gasteiger partial charge on any atom is 0.253 e. The summed E-state index contributed by atoms with van der Waals surface area (Å²) < 4.78 is 0. The number of aryl methyl sites for hydroxylation is 2. The normalized spacial score (nSPS) is 18.0. The number of benzene rings is 3.